The summed E-state index contributed by atoms with van der Waals surface area (Å²) in [6.45, 7) is 1.93. The number of likely N-dealkylation sites (N-methyl/N-ethyl adjacent to an activating group) is 1. The molecule has 0 saturated carbocycles. The van der Waals surface area contributed by atoms with Crippen molar-refractivity contribution in [2.45, 2.75) is 18.8 Å². The molecule has 0 unspecified atom stereocenters. The van der Waals surface area contributed by atoms with Gasteiger partial charge in [0.05, 0.1) is 34.7 Å². The van der Waals surface area contributed by atoms with E-state index in [0.717, 1.165) is 70.7 Å². The van der Waals surface area contributed by atoms with Crippen molar-refractivity contribution >= 4 is 28.0 Å². The maximum absolute atomic E-state index is 12.6. The van der Waals surface area contributed by atoms with Crippen molar-refractivity contribution in [3.05, 3.63) is 84.8 Å². The normalized spacial score (nSPS) is 14.6. The molecule has 2 N–H and O–H groups in total. The fourth-order valence-corrected chi connectivity index (χ4v) is 5.47. The Morgan fingerprint density at radius 1 is 0.947 bits per heavy atom. The molecule has 0 spiro atoms. The van der Waals surface area contributed by atoms with E-state index < -0.39 is 0 Å². The largest absolute Gasteiger partial charge is 0.397 e. The van der Waals surface area contributed by atoms with E-state index in [1.165, 1.54) is 0 Å². The molecule has 2 aromatic carbocycles. The van der Waals surface area contributed by atoms with Gasteiger partial charge in [0, 0.05) is 41.7 Å². The Hall–Kier alpha value is -4.23. The number of aromatic nitrogens is 3. The van der Waals surface area contributed by atoms with E-state index in [1.807, 2.05) is 60.4 Å². The van der Waals surface area contributed by atoms with E-state index in [4.69, 9.17) is 15.7 Å². The lowest BCUT2D eigenvalue weighted by atomic mass is 9.96. The minimum Gasteiger partial charge on any atom is -0.397 e. The SMILES string of the molecule is CN(C)CC(=O)N1CCC(c2nc(-c3ccc4ccc(-c5ccccc5)nc4c3)c3c(N)cccn23)CC1. The number of likely N-dealkylation sites (tertiary alicyclic amines) is 1. The molecule has 192 valence electrons. The van der Waals surface area contributed by atoms with Gasteiger partial charge in [0.1, 0.15) is 5.82 Å². The average Bonchev–Trinajstić information content (AvgIpc) is 3.34. The van der Waals surface area contributed by atoms with Crippen LogP contribution in [0.4, 0.5) is 5.69 Å². The molecule has 5 aromatic rings. The summed E-state index contributed by atoms with van der Waals surface area (Å²) in [6, 6.07) is 24.6. The van der Waals surface area contributed by atoms with Crippen molar-refractivity contribution in [2.75, 3.05) is 39.5 Å². The smallest absolute Gasteiger partial charge is 0.236 e. The number of pyridine rings is 2. The van der Waals surface area contributed by atoms with Gasteiger partial charge in [-0.2, -0.15) is 0 Å². The number of carbonyl (C=O) groups is 1. The number of rotatable bonds is 5. The van der Waals surface area contributed by atoms with Gasteiger partial charge < -0.3 is 19.9 Å². The summed E-state index contributed by atoms with van der Waals surface area (Å²) in [4.78, 5) is 26.6. The molecule has 1 fully saturated rings. The Morgan fingerprint density at radius 3 is 2.47 bits per heavy atom. The van der Waals surface area contributed by atoms with Gasteiger partial charge in [-0.3, -0.25) is 4.79 Å². The summed E-state index contributed by atoms with van der Waals surface area (Å²) < 4.78 is 2.14. The zero-order valence-electron chi connectivity index (χ0n) is 21.8. The maximum atomic E-state index is 12.6. The van der Waals surface area contributed by atoms with E-state index in [-0.39, 0.29) is 11.8 Å². The van der Waals surface area contributed by atoms with Gasteiger partial charge in [0.15, 0.2) is 0 Å². The van der Waals surface area contributed by atoms with Gasteiger partial charge in [0.25, 0.3) is 0 Å². The Bertz CT molecular complexity index is 1620. The number of anilines is 1. The molecule has 1 aliphatic heterocycles. The first-order chi connectivity index (χ1) is 18.5. The van der Waals surface area contributed by atoms with Crippen molar-refractivity contribution in [2.24, 2.45) is 0 Å². The highest BCUT2D eigenvalue weighted by molar-refractivity contribution is 5.92. The number of amides is 1. The number of imidazole rings is 1. The second-order valence-corrected chi connectivity index (χ2v) is 10.4. The van der Waals surface area contributed by atoms with Crippen LogP contribution in [0.5, 0.6) is 0 Å². The molecule has 0 radical (unpaired) electrons. The first-order valence-electron chi connectivity index (χ1n) is 13.1. The zero-order chi connectivity index (χ0) is 26.2. The number of benzene rings is 2. The molecule has 0 atom stereocenters. The van der Waals surface area contributed by atoms with E-state index in [0.29, 0.717) is 12.2 Å². The third-order valence-electron chi connectivity index (χ3n) is 7.42. The number of nitrogens with two attached hydrogens (primary N) is 1. The van der Waals surface area contributed by atoms with Gasteiger partial charge in [-0.05, 0) is 51.2 Å². The van der Waals surface area contributed by atoms with E-state index >= 15 is 0 Å². The topological polar surface area (TPSA) is 79.8 Å². The number of hydrogen-bond acceptors (Lipinski definition) is 5. The van der Waals surface area contributed by atoms with Crippen LogP contribution in [0.15, 0.2) is 79.0 Å². The van der Waals surface area contributed by atoms with E-state index in [1.54, 1.807) is 0 Å². The summed E-state index contributed by atoms with van der Waals surface area (Å²) in [6.07, 6.45) is 3.81. The minimum atomic E-state index is 0.185. The van der Waals surface area contributed by atoms with Crippen molar-refractivity contribution in [1.82, 2.24) is 24.2 Å². The molecule has 0 aliphatic carbocycles. The molecule has 0 bridgehead atoms. The molecule has 1 aliphatic rings. The molecule has 1 saturated heterocycles. The predicted octanol–water partition coefficient (Wildman–Crippen LogP) is 5.07. The van der Waals surface area contributed by atoms with Crippen LogP contribution in [-0.4, -0.2) is 63.8 Å². The van der Waals surface area contributed by atoms with Crippen molar-refractivity contribution in [1.29, 1.82) is 0 Å². The lowest BCUT2D eigenvalue weighted by Gasteiger charge is -2.32. The Balaban J connectivity index is 1.36. The van der Waals surface area contributed by atoms with Crippen LogP contribution in [-0.2, 0) is 4.79 Å². The molecular weight excluding hydrogens is 472 g/mol. The molecular formula is C31H32N6O. The fourth-order valence-electron chi connectivity index (χ4n) is 5.47. The van der Waals surface area contributed by atoms with Gasteiger partial charge in [-0.15, -0.1) is 0 Å². The van der Waals surface area contributed by atoms with Crippen LogP contribution in [0, 0.1) is 0 Å². The minimum absolute atomic E-state index is 0.185. The Morgan fingerprint density at radius 2 is 1.71 bits per heavy atom. The van der Waals surface area contributed by atoms with Crippen molar-refractivity contribution in [3.63, 3.8) is 0 Å². The van der Waals surface area contributed by atoms with Crippen LogP contribution in [0.2, 0.25) is 0 Å². The van der Waals surface area contributed by atoms with Gasteiger partial charge in [-0.1, -0.05) is 48.5 Å². The van der Waals surface area contributed by atoms with Crippen LogP contribution >= 0.6 is 0 Å². The monoisotopic (exact) mass is 504 g/mol. The highest BCUT2D eigenvalue weighted by Crippen LogP contribution is 2.36. The highest BCUT2D eigenvalue weighted by atomic mass is 16.2. The molecule has 7 nitrogen and oxygen atoms in total. The van der Waals surface area contributed by atoms with Crippen LogP contribution < -0.4 is 5.73 Å². The summed E-state index contributed by atoms with van der Waals surface area (Å²) in [5, 5.41) is 1.08. The van der Waals surface area contributed by atoms with Crippen LogP contribution in [0.25, 0.3) is 38.9 Å². The molecule has 6 rings (SSSR count). The zero-order valence-corrected chi connectivity index (χ0v) is 21.8. The molecule has 7 heteroatoms. The number of fused-ring (bicyclic) bond motifs is 2. The molecule has 38 heavy (non-hydrogen) atoms. The first-order valence-corrected chi connectivity index (χ1v) is 13.1. The standard InChI is InChI=1S/C31H32N6O/c1-35(2)20-28(38)36-17-14-23(15-18-36)31-34-29(30-25(32)9-6-16-37(30)31)24-11-10-22-12-13-26(33-27(22)19-24)21-7-4-3-5-8-21/h3-13,16,19,23H,14-15,17-18,20,32H2,1-2H3. The third kappa shape index (κ3) is 4.50. The van der Waals surface area contributed by atoms with Crippen LogP contribution in [0.1, 0.15) is 24.6 Å². The van der Waals surface area contributed by atoms with Crippen molar-refractivity contribution < 1.29 is 4.79 Å². The van der Waals surface area contributed by atoms with Crippen LogP contribution in [0.3, 0.4) is 0 Å². The maximum Gasteiger partial charge on any atom is 0.236 e. The number of hydrogen-bond donors (Lipinski definition) is 1. The van der Waals surface area contributed by atoms with Gasteiger partial charge in [-0.25, -0.2) is 9.97 Å². The average molecular weight is 505 g/mol. The molecule has 4 heterocycles. The lowest BCUT2D eigenvalue weighted by molar-refractivity contribution is -0.132. The summed E-state index contributed by atoms with van der Waals surface area (Å²) in [5.74, 6) is 1.45. The van der Waals surface area contributed by atoms with E-state index in [2.05, 4.69) is 46.9 Å². The summed E-state index contributed by atoms with van der Waals surface area (Å²) >= 11 is 0. The Kier molecular flexibility index (Phi) is 6.29. The van der Waals surface area contributed by atoms with E-state index in [9.17, 15) is 4.79 Å². The van der Waals surface area contributed by atoms with Crippen molar-refractivity contribution in [3.8, 4) is 22.5 Å². The summed E-state index contributed by atoms with van der Waals surface area (Å²) in [5.41, 5.74) is 13.0. The highest BCUT2D eigenvalue weighted by Gasteiger charge is 2.28. The second-order valence-electron chi connectivity index (χ2n) is 10.4. The number of nitrogen functional groups attached to an aromatic ring is 1. The number of carbonyl (C=O) groups excluding carboxylic acids is 1. The molecule has 3 aromatic heterocycles. The quantitative estimate of drug-likeness (QED) is 0.362. The lowest BCUT2D eigenvalue weighted by Crippen LogP contribution is -2.42. The number of nitrogens with zero attached hydrogens (tertiary/aromatic N) is 5. The van der Waals surface area contributed by atoms with Gasteiger partial charge >= 0.3 is 0 Å². The predicted molar refractivity (Wildman–Crippen MR) is 153 cm³/mol. The Labute approximate surface area is 222 Å². The molecule has 1 amide bonds. The first kappa shape index (κ1) is 24.1. The third-order valence-corrected chi connectivity index (χ3v) is 7.42. The second kappa shape index (κ2) is 9.91. The van der Waals surface area contributed by atoms with Gasteiger partial charge in [0.2, 0.25) is 5.91 Å². The fraction of sp³-hybridized carbons (Fsp3) is 0.258. The summed E-state index contributed by atoms with van der Waals surface area (Å²) in [7, 11) is 3.86. The number of piperidine rings is 1.